The summed E-state index contributed by atoms with van der Waals surface area (Å²) in [6.45, 7) is 2.11. The molecular formula is C15H17FN2O2. The van der Waals surface area contributed by atoms with Gasteiger partial charge in [-0.1, -0.05) is 6.92 Å². The molecule has 0 atom stereocenters. The van der Waals surface area contributed by atoms with E-state index in [2.05, 4.69) is 18.3 Å². The number of nitrogens with zero attached hydrogens (tertiary/aromatic N) is 1. The second-order valence-electron chi connectivity index (χ2n) is 5.49. The van der Waals surface area contributed by atoms with Crippen molar-refractivity contribution < 1.29 is 14.3 Å². The summed E-state index contributed by atoms with van der Waals surface area (Å²) in [5, 5.41) is 21.1. The van der Waals surface area contributed by atoms with Gasteiger partial charge < -0.3 is 10.4 Å². The van der Waals surface area contributed by atoms with Gasteiger partial charge in [0.1, 0.15) is 17.1 Å². The molecule has 1 aromatic carbocycles. The van der Waals surface area contributed by atoms with E-state index >= 15 is 0 Å². The van der Waals surface area contributed by atoms with Gasteiger partial charge in [-0.3, -0.25) is 4.79 Å². The van der Waals surface area contributed by atoms with E-state index in [1.807, 2.05) is 0 Å². The Morgan fingerprint density at radius 3 is 2.70 bits per heavy atom. The molecule has 0 heterocycles. The van der Waals surface area contributed by atoms with E-state index < -0.39 is 17.3 Å². The van der Waals surface area contributed by atoms with Crippen molar-refractivity contribution in [2.24, 2.45) is 5.92 Å². The second-order valence-corrected chi connectivity index (χ2v) is 5.49. The van der Waals surface area contributed by atoms with E-state index in [1.165, 1.54) is 12.1 Å². The number of nitriles is 1. The van der Waals surface area contributed by atoms with Crippen molar-refractivity contribution in [1.29, 1.82) is 5.26 Å². The Bertz CT molecular complexity index is 557. The van der Waals surface area contributed by atoms with Gasteiger partial charge in [0.05, 0.1) is 11.6 Å². The third-order valence-corrected chi connectivity index (χ3v) is 3.89. The van der Waals surface area contributed by atoms with Crippen molar-refractivity contribution in [3.63, 3.8) is 0 Å². The molecule has 1 aliphatic rings. The van der Waals surface area contributed by atoms with Crippen LogP contribution in [0.3, 0.4) is 0 Å². The average molecular weight is 276 g/mol. The molecule has 106 valence electrons. The Balaban J connectivity index is 2.16. The topological polar surface area (TPSA) is 73.1 Å². The summed E-state index contributed by atoms with van der Waals surface area (Å²) < 4.78 is 13.6. The number of carbonyl (C=O) groups excluding carboxylic acids is 1. The normalized spacial score (nSPS) is 25.8. The molecule has 1 aliphatic carbocycles. The maximum atomic E-state index is 13.6. The van der Waals surface area contributed by atoms with Crippen molar-refractivity contribution in [2.75, 3.05) is 0 Å². The lowest BCUT2D eigenvalue weighted by molar-refractivity contribution is 0.0889. The summed E-state index contributed by atoms with van der Waals surface area (Å²) in [4.78, 5) is 12.1. The van der Waals surface area contributed by atoms with Gasteiger partial charge in [-0.05, 0) is 43.7 Å². The number of phenols is 1. The summed E-state index contributed by atoms with van der Waals surface area (Å²) >= 11 is 0. The SMILES string of the molecule is CC1CCC(C#N)(NC(=O)c2ccc(O)cc2F)CC1. The molecule has 0 aromatic heterocycles. The molecule has 1 saturated carbocycles. The Morgan fingerprint density at radius 1 is 1.50 bits per heavy atom. The van der Waals surface area contributed by atoms with Gasteiger partial charge in [0.15, 0.2) is 0 Å². The highest BCUT2D eigenvalue weighted by Gasteiger charge is 2.36. The van der Waals surface area contributed by atoms with Crippen molar-refractivity contribution >= 4 is 5.91 Å². The number of rotatable bonds is 2. The smallest absolute Gasteiger partial charge is 0.255 e. The van der Waals surface area contributed by atoms with Crippen LogP contribution in [0.2, 0.25) is 0 Å². The first-order chi connectivity index (χ1) is 9.46. The number of aromatic hydroxyl groups is 1. The minimum atomic E-state index is -0.909. The summed E-state index contributed by atoms with van der Waals surface area (Å²) in [6.07, 6.45) is 2.89. The van der Waals surface area contributed by atoms with Gasteiger partial charge in [-0.25, -0.2) is 4.39 Å². The number of benzene rings is 1. The lowest BCUT2D eigenvalue weighted by atomic mass is 9.78. The number of hydrogen-bond donors (Lipinski definition) is 2. The maximum absolute atomic E-state index is 13.6. The van der Waals surface area contributed by atoms with Gasteiger partial charge in [0, 0.05) is 6.07 Å². The second kappa shape index (κ2) is 5.49. The highest BCUT2D eigenvalue weighted by atomic mass is 19.1. The molecule has 1 fully saturated rings. The quantitative estimate of drug-likeness (QED) is 0.872. The lowest BCUT2D eigenvalue weighted by Crippen LogP contribution is -2.49. The average Bonchev–Trinajstić information content (AvgIpc) is 2.41. The first kappa shape index (κ1) is 14.3. The molecule has 0 bridgehead atoms. The maximum Gasteiger partial charge on any atom is 0.255 e. The summed E-state index contributed by atoms with van der Waals surface area (Å²) in [7, 11) is 0. The molecule has 20 heavy (non-hydrogen) atoms. The van der Waals surface area contributed by atoms with Crippen LogP contribution in [0.1, 0.15) is 43.0 Å². The van der Waals surface area contributed by atoms with E-state index in [-0.39, 0.29) is 11.3 Å². The van der Waals surface area contributed by atoms with E-state index in [0.717, 1.165) is 18.9 Å². The van der Waals surface area contributed by atoms with E-state index in [1.54, 1.807) is 0 Å². The number of nitrogens with one attached hydrogen (secondary N) is 1. The largest absolute Gasteiger partial charge is 0.508 e. The summed E-state index contributed by atoms with van der Waals surface area (Å²) in [5.41, 5.74) is -1.07. The van der Waals surface area contributed by atoms with Crippen molar-refractivity contribution in [3.05, 3.63) is 29.6 Å². The molecular weight excluding hydrogens is 259 g/mol. The van der Waals surface area contributed by atoms with Gasteiger partial charge in [-0.15, -0.1) is 0 Å². The van der Waals surface area contributed by atoms with Crippen LogP contribution in [0.25, 0.3) is 0 Å². The Morgan fingerprint density at radius 2 is 2.15 bits per heavy atom. The van der Waals surface area contributed by atoms with Crippen LogP contribution in [0.4, 0.5) is 4.39 Å². The minimum absolute atomic E-state index is 0.156. The Kier molecular flexibility index (Phi) is 3.93. The zero-order valence-corrected chi connectivity index (χ0v) is 11.3. The third kappa shape index (κ3) is 2.90. The number of carbonyl (C=O) groups is 1. The fourth-order valence-corrected chi connectivity index (χ4v) is 2.49. The van der Waals surface area contributed by atoms with Crippen molar-refractivity contribution in [3.8, 4) is 11.8 Å². The molecule has 4 nitrogen and oxygen atoms in total. The third-order valence-electron chi connectivity index (χ3n) is 3.89. The first-order valence-corrected chi connectivity index (χ1v) is 6.68. The first-order valence-electron chi connectivity index (χ1n) is 6.68. The van der Waals surface area contributed by atoms with Gasteiger partial charge in [0.2, 0.25) is 0 Å². The van der Waals surface area contributed by atoms with E-state index in [0.29, 0.717) is 18.8 Å². The molecule has 2 N–H and O–H groups in total. The van der Waals surface area contributed by atoms with Crippen LogP contribution in [-0.2, 0) is 0 Å². The summed E-state index contributed by atoms with van der Waals surface area (Å²) in [5.74, 6) is -1.10. The van der Waals surface area contributed by atoms with Crippen LogP contribution in [0.15, 0.2) is 18.2 Å². The molecule has 2 rings (SSSR count). The summed E-state index contributed by atoms with van der Waals surface area (Å²) in [6, 6.07) is 5.52. The van der Waals surface area contributed by atoms with Gasteiger partial charge in [0.25, 0.3) is 5.91 Å². The van der Waals surface area contributed by atoms with Crippen LogP contribution in [0.5, 0.6) is 5.75 Å². The number of hydrogen-bond acceptors (Lipinski definition) is 3. The predicted molar refractivity (Wildman–Crippen MR) is 71.5 cm³/mol. The van der Waals surface area contributed by atoms with E-state index in [9.17, 15) is 14.4 Å². The zero-order valence-electron chi connectivity index (χ0n) is 11.3. The molecule has 0 radical (unpaired) electrons. The highest BCUT2D eigenvalue weighted by Crippen LogP contribution is 2.31. The monoisotopic (exact) mass is 276 g/mol. The van der Waals surface area contributed by atoms with Crippen LogP contribution in [-0.4, -0.2) is 16.6 Å². The van der Waals surface area contributed by atoms with Crippen LogP contribution >= 0.6 is 0 Å². The van der Waals surface area contributed by atoms with Gasteiger partial charge >= 0.3 is 0 Å². The zero-order chi connectivity index (χ0) is 14.8. The van der Waals surface area contributed by atoms with Crippen molar-refractivity contribution in [2.45, 2.75) is 38.1 Å². The number of amides is 1. The predicted octanol–water partition coefficient (Wildman–Crippen LogP) is 2.73. The van der Waals surface area contributed by atoms with Gasteiger partial charge in [-0.2, -0.15) is 5.26 Å². The Labute approximate surface area is 117 Å². The van der Waals surface area contributed by atoms with Crippen LogP contribution in [0, 0.1) is 23.1 Å². The minimum Gasteiger partial charge on any atom is -0.508 e. The van der Waals surface area contributed by atoms with E-state index in [4.69, 9.17) is 5.11 Å². The van der Waals surface area contributed by atoms with Crippen molar-refractivity contribution in [1.82, 2.24) is 5.32 Å². The number of halogens is 1. The molecule has 5 heteroatoms. The molecule has 1 amide bonds. The molecule has 0 saturated heterocycles. The standard InChI is InChI=1S/C15H17FN2O2/c1-10-4-6-15(9-17,7-5-10)18-14(20)12-3-2-11(19)8-13(12)16/h2-3,8,10,19H,4-7H2,1H3,(H,18,20). The molecule has 0 aliphatic heterocycles. The molecule has 0 spiro atoms. The fraction of sp³-hybridized carbons (Fsp3) is 0.467. The molecule has 0 unspecified atom stereocenters. The van der Waals surface area contributed by atoms with Crippen LogP contribution < -0.4 is 5.32 Å². The Hall–Kier alpha value is -2.09. The lowest BCUT2D eigenvalue weighted by Gasteiger charge is -2.34. The highest BCUT2D eigenvalue weighted by molar-refractivity contribution is 5.95. The fourth-order valence-electron chi connectivity index (χ4n) is 2.49. The molecule has 1 aromatic rings. The number of phenolic OH excluding ortho intramolecular Hbond substituents is 1.